The smallest absolute Gasteiger partial charge is 0.0546 e. The predicted octanol–water partition coefficient (Wildman–Crippen LogP) is 22.8. The molecule has 386 valence electrons. The number of rotatable bonds is 8. The molecule has 0 amide bonds. The van der Waals surface area contributed by atoms with Crippen LogP contribution in [0.2, 0.25) is 0 Å². The number of fused-ring (bicyclic) bond motifs is 8. The van der Waals surface area contributed by atoms with Crippen molar-refractivity contribution in [1.29, 1.82) is 0 Å². The molecule has 3 heteroatoms. The predicted molar refractivity (Wildman–Crippen MR) is 352 cm³/mol. The maximum absolute atomic E-state index is 2.51. The molecule has 2 aliphatic heterocycles. The third-order valence-corrected chi connectivity index (χ3v) is 17.4. The largest absolute Gasteiger partial charge is 0.311 e. The lowest BCUT2D eigenvalue weighted by Crippen LogP contribution is -2.15. The maximum Gasteiger partial charge on any atom is 0.0546 e. The molecule has 0 radical (unpaired) electrons. The van der Waals surface area contributed by atoms with Gasteiger partial charge in [-0.15, -0.1) is 0 Å². The second-order valence-corrected chi connectivity index (χ2v) is 21.9. The fraction of sp³-hybridized carbons (Fsp3) is 0. The van der Waals surface area contributed by atoms with Crippen LogP contribution in [0.1, 0.15) is 0 Å². The molecule has 3 nitrogen and oxygen atoms in total. The minimum absolute atomic E-state index is 1.11. The second-order valence-electron chi connectivity index (χ2n) is 21.9. The van der Waals surface area contributed by atoms with Crippen LogP contribution in [0.4, 0.5) is 51.2 Å². The van der Waals surface area contributed by atoms with Gasteiger partial charge in [-0.05, 0) is 179 Å². The molecule has 0 fully saturated rings. The summed E-state index contributed by atoms with van der Waals surface area (Å²) >= 11 is 0. The molecule has 0 N–H and O–H groups in total. The molecule has 0 spiro atoms. The van der Waals surface area contributed by atoms with Crippen molar-refractivity contribution in [3.63, 3.8) is 0 Å². The molecule has 0 aromatic heterocycles. The maximum atomic E-state index is 2.51. The van der Waals surface area contributed by atoms with Gasteiger partial charge >= 0.3 is 0 Å². The molecule has 0 aliphatic carbocycles. The van der Waals surface area contributed by atoms with Gasteiger partial charge in [-0.1, -0.05) is 212 Å². The molecule has 15 aromatic rings. The van der Waals surface area contributed by atoms with Crippen LogP contribution < -0.4 is 14.7 Å². The summed E-state index contributed by atoms with van der Waals surface area (Å²) in [6, 6.07) is 114. The zero-order valence-corrected chi connectivity index (χ0v) is 45.3. The first-order valence-corrected chi connectivity index (χ1v) is 28.7. The SMILES string of the molecule is c1ccc(N(c2ccccc2)c2ccc(-c3ccc4c(c3)-c3c5ccccc5cc5cccc(c35)N4c3cccc(-c4c5ccccc5c(-c5cccc(N6c7ccccc7-c7cccc8cccc6c78)c5)c5ccccc45)c3)cc2)cc1. The first kappa shape index (κ1) is 46.9. The van der Waals surface area contributed by atoms with Gasteiger partial charge in [0.05, 0.1) is 22.7 Å². The van der Waals surface area contributed by atoms with E-state index in [9.17, 15) is 0 Å². The van der Waals surface area contributed by atoms with Gasteiger partial charge in [0.25, 0.3) is 0 Å². The summed E-state index contributed by atoms with van der Waals surface area (Å²) in [6.07, 6.45) is 0. The lowest BCUT2D eigenvalue weighted by Gasteiger charge is -2.35. The van der Waals surface area contributed by atoms with Crippen molar-refractivity contribution < 1.29 is 0 Å². The number of hydrogen-bond donors (Lipinski definition) is 0. The first-order valence-electron chi connectivity index (χ1n) is 28.7. The number of hydrogen-bond acceptors (Lipinski definition) is 3. The van der Waals surface area contributed by atoms with Gasteiger partial charge in [0, 0.05) is 55.9 Å². The van der Waals surface area contributed by atoms with E-state index >= 15 is 0 Å². The minimum atomic E-state index is 1.11. The van der Waals surface area contributed by atoms with E-state index in [0.29, 0.717) is 0 Å². The average Bonchev–Trinajstić information content (AvgIpc) is 3.41. The highest BCUT2D eigenvalue weighted by Crippen LogP contribution is 2.56. The first-order chi connectivity index (χ1) is 41.2. The number of nitrogens with zero attached hydrogens (tertiary/aromatic N) is 3. The van der Waals surface area contributed by atoms with E-state index in [4.69, 9.17) is 0 Å². The molecule has 15 aromatic carbocycles. The standard InChI is InChI=1S/C80H51N3/c1-3-26-59(27-4-1)81(60-28-5-2-6-29-60)61-45-42-52(43-46-61)54-44-47-73-71(51-54)80-64-32-8-7-20-55(64)48-56-25-19-41-75(79(56)80)83(73)63-31-16-24-58(50-63)77-69-36-11-9-34-67(69)76(68-35-10-12-37-70(68)77)57-23-15-30-62(49-57)82-72-39-14-13-33-65(72)66-38-17-21-53-22-18-40-74(82)78(53)66/h1-51H. The Labute approximate surface area is 482 Å². The van der Waals surface area contributed by atoms with E-state index < -0.39 is 0 Å². The van der Waals surface area contributed by atoms with Crippen LogP contribution in [0.25, 0.3) is 109 Å². The average molecular weight is 1050 g/mol. The normalized spacial score (nSPS) is 12.3. The summed E-state index contributed by atoms with van der Waals surface area (Å²) in [5.74, 6) is 0. The zero-order chi connectivity index (χ0) is 54.5. The summed E-state index contributed by atoms with van der Waals surface area (Å²) in [5, 5.41) is 12.4. The quantitative estimate of drug-likeness (QED) is 0.140. The van der Waals surface area contributed by atoms with Crippen LogP contribution in [0.15, 0.2) is 309 Å². The van der Waals surface area contributed by atoms with Crippen molar-refractivity contribution in [2.45, 2.75) is 0 Å². The second kappa shape index (κ2) is 18.8. The molecule has 2 heterocycles. The topological polar surface area (TPSA) is 9.72 Å². The van der Waals surface area contributed by atoms with Gasteiger partial charge in [-0.25, -0.2) is 0 Å². The van der Waals surface area contributed by atoms with Crippen molar-refractivity contribution in [2.75, 3.05) is 14.7 Å². The van der Waals surface area contributed by atoms with E-state index in [2.05, 4.69) is 324 Å². The molecule has 0 bridgehead atoms. The molecule has 2 aliphatic rings. The van der Waals surface area contributed by atoms with Gasteiger partial charge in [0.1, 0.15) is 0 Å². The van der Waals surface area contributed by atoms with Crippen LogP contribution in [0, 0.1) is 0 Å². The van der Waals surface area contributed by atoms with Crippen molar-refractivity contribution in [2.24, 2.45) is 0 Å². The summed E-state index contributed by atoms with van der Waals surface area (Å²) in [4.78, 5) is 7.29. The Morgan fingerprint density at radius 2 is 0.663 bits per heavy atom. The van der Waals surface area contributed by atoms with E-state index in [-0.39, 0.29) is 0 Å². The van der Waals surface area contributed by atoms with Gasteiger partial charge in [-0.2, -0.15) is 0 Å². The highest BCUT2D eigenvalue weighted by Gasteiger charge is 2.30. The Kier molecular flexibility index (Phi) is 10.6. The molecular weight excluding hydrogens is 1000 g/mol. The molecule has 83 heavy (non-hydrogen) atoms. The third-order valence-electron chi connectivity index (χ3n) is 17.4. The van der Waals surface area contributed by atoms with E-state index in [1.165, 1.54) is 121 Å². The lowest BCUT2D eigenvalue weighted by molar-refractivity contribution is 1.28. The van der Waals surface area contributed by atoms with Crippen LogP contribution in [0.3, 0.4) is 0 Å². The summed E-state index contributed by atoms with van der Waals surface area (Å²) in [6.45, 7) is 0. The number of benzene rings is 15. The molecule has 17 rings (SSSR count). The Hall–Kier alpha value is -11.0. The summed E-state index contributed by atoms with van der Waals surface area (Å²) < 4.78 is 0. The van der Waals surface area contributed by atoms with Crippen molar-refractivity contribution >= 4 is 105 Å². The Balaban J connectivity index is 0.813. The van der Waals surface area contributed by atoms with Gasteiger partial charge in [-0.3, -0.25) is 0 Å². The minimum Gasteiger partial charge on any atom is -0.311 e. The van der Waals surface area contributed by atoms with Crippen LogP contribution in [0.5, 0.6) is 0 Å². The number of anilines is 9. The Bertz CT molecular complexity index is 5000. The molecular formula is C80H51N3. The van der Waals surface area contributed by atoms with Crippen molar-refractivity contribution in [3.05, 3.63) is 309 Å². The third kappa shape index (κ3) is 7.38. The molecule has 0 atom stereocenters. The molecule has 0 saturated carbocycles. The molecule has 0 unspecified atom stereocenters. The summed E-state index contributed by atoms with van der Waals surface area (Å²) in [5.41, 5.74) is 22.4. The molecule has 0 saturated heterocycles. The Morgan fingerprint density at radius 3 is 1.29 bits per heavy atom. The van der Waals surface area contributed by atoms with Crippen LogP contribution >= 0.6 is 0 Å². The van der Waals surface area contributed by atoms with Crippen LogP contribution in [-0.2, 0) is 0 Å². The van der Waals surface area contributed by atoms with E-state index in [0.717, 1.165) is 39.7 Å². The fourth-order valence-electron chi connectivity index (χ4n) is 13.9. The number of para-hydroxylation sites is 3. The van der Waals surface area contributed by atoms with Gasteiger partial charge in [0.15, 0.2) is 0 Å². The highest BCUT2D eigenvalue weighted by molar-refractivity contribution is 6.24. The van der Waals surface area contributed by atoms with Crippen molar-refractivity contribution in [3.8, 4) is 55.6 Å². The highest BCUT2D eigenvalue weighted by atomic mass is 15.2. The van der Waals surface area contributed by atoms with Gasteiger partial charge in [0.2, 0.25) is 0 Å². The summed E-state index contributed by atoms with van der Waals surface area (Å²) in [7, 11) is 0. The fourth-order valence-corrected chi connectivity index (χ4v) is 13.9. The van der Waals surface area contributed by atoms with Gasteiger partial charge < -0.3 is 14.7 Å². The Morgan fingerprint density at radius 1 is 0.217 bits per heavy atom. The van der Waals surface area contributed by atoms with E-state index in [1.54, 1.807) is 0 Å². The zero-order valence-electron chi connectivity index (χ0n) is 45.3. The van der Waals surface area contributed by atoms with Crippen molar-refractivity contribution in [1.82, 2.24) is 0 Å². The van der Waals surface area contributed by atoms with Crippen LogP contribution in [-0.4, -0.2) is 0 Å². The lowest BCUT2D eigenvalue weighted by atomic mass is 9.84. The van der Waals surface area contributed by atoms with E-state index in [1.807, 2.05) is 0 Å². The monoisotopic (exact) mass is 1050 g/mol.